The number of alkyl halides is 3. The average Bonchev–Trinajstić information content (AvgIpc) is 2.71. The molecule has 1 saturated heterocycles. The molecule has 0 spiro atoms. The monoisotopic (exact) mass is 460 g/mol. The minimum atomic E-state index is -4.84. The van der Waals surface area contributed by atoms with E-state index in [0.29, 0.717) is 38.7 Å². The number of ether oxygens (including phenoxy) is 1. The maximum Gasteiger partial charge on any atom is 0.433 e. The lowest BCUT2D eigenvalue weighted by Crippen LogP contribution is -2.47. The van der Waals surface area contributed by atoms with E-state index in [0.717, 1.165) is 0 Å². The van der Waals surface area contributed by atoms with Crippen LogP contribution in [0.25, 0.3) is 11.4 Å². The number of hydrogen-bond donors (Lipinski definition) is 1. The van der Waals surface area contributed by atoms with Gasteiger partial charge in [0.05, 0.1) is 17.1 Å². The highest BCUT2D eigenvalue weighted by atomic mass is 32.2. The smallest absolute Gasteiger partial charge is 0.433 e. The molecule has 1 aliphatic rings. The lowest BCUT2D eigenvalue weighted by atomic mass is 10.2. The normalized spacial score (nSPS) is 16.4. The van der Waals surface area contributed by atoms with Gasteiger partial charge in [-0.15, -0.1) is 0 Å². The van der Waals surface area contributed by atoms with Gasteiger partial charge in [-0.25, -0.2) is 13.4 Å². The lowest BCUT2D eigenvalue weighted by Gasteiger charge is -2.31. The first kappa shape index (κ1) is 23.2. The van der Waals surface area contributed by atoms with Crippen LogP contribution in [0, 0.1) is 0 Å². The topological polar surface area (TPSA) is 95.6 Å². The maximum absolute atomic E-state index is 13.2. The molecule has 0 bridgehead atoms. The number of aromatic amines is 1. The summed E-state index contributed by atoms with van der Waals surface area (Å²) in [6.07, 6.45) is -4.22. The molecule has 3 rings (SSSR count). The van der Waals surface area contributed by atoms with Gasteiger partial charge in [0, 0.05) is 32.2 Å². The SMILES string of the molecule is CCCOc1ccc(S(=O)(=O)N2CCN(C)CC2)cc1-c1nc(C(F)(F)F)cc(=O)[nH]1. The molecular weight excluding hydrogens is 437 g/mol. The van der Waals surface area contributed by atoms with Gasteiger partial charge in [-0.1, -0.05) is 6.92 Å². The van der Waals surface area contributed by atoms with Crippen LogP contribution in [0.4, 0.5) is 13.2 Å². The van der Waals surface area contributed by atoms with E-state index < -0.39 is 33.3 Å². The number of likely N-dealkylation sites (N-methyl/N-ethyl adjacent to an activating group) is 1. The molecule has 0 amide bonds. The van der Waals surface area contributed by atoms with Crippen molar-refractivity contribution >= 4 is 10.0 Å². The molecule has 0 unspecified atom stereocenters. The fourth-order valence-electron chi connectivity index (χ4n) is 3.10. The second kappa shape index (κ2) is 8.97. The van der Waals surface area contributed by atoms with Crippen molar-refractivity contribution < 1.29 is 26.3 Å². The first-order valence-corrected chi connectivity index (χ1v) is 11.1. The zero-order valence-electron chi connectivity index (χ0n) is 17.1. The summed E-state index contributed by atoms with van der Waals surface area (Å²) >= 11 is 0. The van der Waals surface area contributed by atoms with E-state index >= 15 is 0 Å². The summed E-state index contributed by atoms with van der Waals surface area (Å²) in [5.41, 5.74) is -2.42. The van der Waals surface area contributed by atoms with Gasteiger partial charge in [0.2, 0.25) is 10.0 Å². The Hall–Kier alpha value is -2.44. The Bertz CT molecular complexity index is 1090. The van der Waals surface area contributed by atoms with Crippen molar-refractivity contribution in [3.05, 3.63) is 40.3 Å². The van der Waals surface area contributed by atoms with E-state index in [-0.39, 0.29) is 22.8 Å². The summed E-state index contributed by atoms with van der Waals surface area (Å²) in [5, 5.41) is 0. The molecule has 0 aliphatic carbocycles. The molecule has 31 heavy (non-hydrogen) atoms. The van der Waals surface area contributed by atoms with Crippen LogP contribution in [0.15, 0.2) is 34.0 Å². The molecule has 8 nitrogen and oxygen atoms in total. The summed E-state index contributed by atoms with van der Waals surface area (Å²) in [6, 6.07) is 4.25. The molecule has 12 heteroatoms. The van der Waals surface area contributed by atoms with Crippen LogP contribution in [0.3, 0.4) is 0 Å². The minimum Gasteiger partial charge on any atom is -0.493 e. The van der Waals surface area contributed by atoms with Gasteiger partial charge >= 0.3 is 6.18 Å². The number of halogens is 3. The lowest BCUT2D eigenvalue weighted by molar-refractivity contribution is -0.141. The Labute approximate surface area is 177 Å². The van der Waals surface area contributed by atoms with Gasteiger partial charge in [-0.2, -0.15) is 17.5 Å². The summed E-state index contributed by atoms with van der Waals surface area (Å²) in [5.74, 6) is -0.289. The first-order valence-electron chi connectivity index (χ1n) is 9.67. The third kappa shape index (κ3) is 5.25. The summed E-state index contributed by atoms with van der Waals surface area (Å²) < 4.78 is 72.5. The predicted molar refractivity (Wildman–Crippen MR) is 107 cm³/mol. The van der Waals surface area contributed by atoms with E-state index in [1.807, 2.05) is 18.9 Å². The third-order valence-corrected chi connectivity index (χ3v) is 6.69. The fourth-order valence-corrected chi connectivity index (χ4v) is 4.55. The van der Waals surface area contributed by atoms with Gasteiger partial charge in [-0.05, 0) is 31.7 Å². The third-order valence-electron chi connectivity index (χ3n) is 4.80. The summed E-state index contributed by atoms with van der Waals surface area (Å²) in [4.78, 5) is 19.5. The summed E-state index contributed by atoms with van der Waals surface area (Å²) in [7, 11) is -2.01. The number of nitrogens with one attached hydrogen (secondary N) is 1. The molecule has 170 valence electrons. The average molecular weight is 460 g/mol. The highest BCUT2D eigenvalue weighted by molar-refractivity contribution is 7.89. The van der Waals surface area contributed by atoms with Crippen molar-refractivity contribution in [1.29, 1.82) is 0 Å². The van der Waals surface area contributed by atoms with Crippen molar-refractivity contribution in [2.45, 2.75) is 24.4 Å². The number of benzene rings is 1. The highest BCUT2D eigenvalue weighted by Gasteiger charge is 2.34. The Kier molecular flexibility index (Phi) is 6.72. The number of nitrogens with zero attached hydrogens (tertiary/aromatic N) is 3. The molecule has 2 aromatic rings. The van der Waals surface area contributed by atoms with Crippen molar-refractivity contribution in [1.82, 2.24) is 19.2 Å². The molecule has 0 atom stereocenters. The van der Waals surface area contributed by atoms with E-state index in [1.165, 1.54) is 22.5 Å². The van der Waals surface area contributed by atoms with Crippen molar-refractivity contribution in [3.63, 3.8) is 0 Å². The second-order valence-corrected chi connectivity index (χ2v) is 9.13. The van der Waals surface area contributed by atoms with Gasteiger partial charge < -0.3 is 14.6 Å². The van der Waals surface area contributed by atoms with Crippen LogP contribution in [0.1, 0.15) is 19.0 Å². The molecule has 1 aromatic heterocycles. The second-order valence-electron chi connectivity index (χ2n) is 7.19. The number of hydrogen-bond acceptors (Lipinski definition) is 6. The molecule has 1 N–H and O–H groups in total. The van der Waals surface area contributed by atoms with Crippen LogP contribution in [0.5, 0.6) is 5.75 Å². The van der Waals surface area contributed by atoms with Crippen molar-refractivity contribution in [3.8, 4) is 17.1 Å². The summed E-state index contributed by atoms with van der Waals surface area (Å²) in [6.45, 7) is 3.80. The fraction of sp³-hybridized carbons (Fsp3) is 0.474. The van der Waals surface area contributed by atoms with Crippen LogP contribution >= 0.6 is 0 Å². The molecule has 0 radical (unpaired) electrons. The van der Waals surface area contributed by atoms with E-state index in [4.69, 9.17) is 4.74 Å². The highest BCUT2D eigenvalue weighted by Crippen LogP contribution is 2.33. The van der Waals surface area contributed by atoms with Crippen molar-refractivity contribution in [2.24, 2.45) is 0 Å². The van der Waals surface area contributed by atoms with Gasteiger partial charge in [-0.3, -0.25) is 4.79 Å². The maximum atomic E-state index is 13.2. The van der Waals surface area contributed by atoms with E-state index in [2.05, 4.69) is 9.97 Å². The Morgan fingerprint density at radius 3 is 2.45 bits per heavy atom. The van der Waals surface area contributed by atoms with Gasteiger partial charge in [0.1, 0.15) is 11.6 Å². The first-order chi connectivity index (χ1) is 14.5. The molecule has 1 fully saturated rings. The van der Waals surface area contributed by atoms with Gasteiger partial charge in [0.25, 0.3) is 5.56 Å². The number of aromatic nitrogens is 2. The van der Waals surface area contributed by atoms with Crippen LogP contribution in [-0.2, 0) is 16.2 Å². The van der Waals surface area contributed by atoms with E-state index in [9.17, 15) is 26.4 Å². The van der Waals surface area contributed by atoms with Crippen LogP contribution in [-0.4, -0.2) is 67.4 Å². The molecule has 0 saturated carbocycles. The van der Waals surface area contributed by atoms with Gasteiger partial charge in [0.15, 0.2) is 5.69 Å². The Morgan fingerprint density at radius 2 is 1.84 bits per heavy atom. The Morgan fingerprint density at radius 1 is 1.16 bits per heavy atom. The van der Waals surface area contributed by atoms with Crippen molar-refractivity contribution in [2.75, 3.05) is 39.8 Å². The van der Waals surface area contributed by atoms with Crippen LogP contribution in [0.2, 0.25) is 0 Å². The van der Waals surface area contributed by atoms with E-state index in [1.54, 1.807) is 0 Å². The molecule has 1 aliphatic heterocycles. The minimum absolute atomic E-state index is 0.0353. The zero-order valence-corrected chi connectivity index (χ0v) is 17.9. The number of H-pyrrole nitrogens is 1. The molecule has 1 aromatic carbocycles. The zero-order chi connectivity index (χ0) is 22.8. The predicted octanol–water partition coefficient (Wildman–Crippen LogP) is 2.18. The van der Waals surface area contributed by atoms with Crippen LogP contribution < -0.4 is 10.3 Å². The largest absolute Gasteiger partial charge is 0.493 e. The standard InChI is InChI=1S/C19H23F3N4O4S/c1-3-10-30-15-5-4-13(31(28,29)26-8-6-25(2)7-9-26)11-14(15)18-23-16(19(20,21)22)12-17(27)24-18/h4-5,11-12H,3,6-10H2,1-2H3,(H,23,24,27). The molecular formula is C19H23F3N4O4S. The number of rotatable bonds is 6. The number of piperazine rings is 1. The number of sulfonamides is 1. The quantitative estimate of drug-likeness (QED) is 0.710. The molecule has 2 heterocycles. The Balaban J connectivity index is 2.10.